The van der Waals surface area contributed by atoms with E-state index in [-0.39, 0.29) is 18.1 Å². The molecule has 0 saturated carbocycles. The van der Waals surface area contributed by atoms with Gasteiger partial charge in [-0.25, -0.2) is 0 Å². The molecule has 1 saturated heterocycles. The number of amides is 1. The van der Waals surface area contributed by atoms with E-state index < -0.39 is 0 Å². The van der Waals surface area contributed by atoms with Crippen molar-refractivity contribution in [1.29, 1.82) is 0 Å². The van der Waals surface area contributed by atoms with Crippen molar-refractivity contribution in [2.75, 3.05) is 19.6 Å². The summed E-state index contributed by atoms with van der Waals surface area (Å²) in [7, 11) is 0. The molecule has 5 heteroatoms. The van der Waals surface area contributed by atoms with Crippen molar-refractivity contribution >= 4 is 5.91 Å². The molecule has 0 aliphatic carbocycles. The van der Waals surface area contributed by atoms with E-state index in [0.717, 1.165) is 30.2 Å². The monoisotopic (exact) mass is 354 g/mol. The van der Waals surface area contributed by atoms with E-state index in [1.807, 2.05) is 31.2 Å². The molecule has 1 N–H and O–H groups in total. The fourth-order valence-electron chi connectivity index (χ4n) is 3.99. The van der Waals surface area contributed by atoms with Crippen LogP contribution in [0.1, 0.15) is 60.3 Å². The lowest BCUT2D eigenvalue weighted by molar-refractivity contribution is 0.0929. The second-order valence-corrected chi connectivity index (χ2v) is 7.32. The molecule has 2 aliphatic rings. The fourth-order valence-corrected chi connectivity index (χ4v) is 3.99. The summed E-state index contributed by atoms with van der Waals surface area (Å²) in [5.41, 5.74) is 1.74. The zero-order valence-electron chi connectivity index (χ0n) is 15.4. The van der Waals surface area contributed by atoms with Gasteiger partial charge in [-0.1, -0.05) is 19.1 Å². The van der Waals surface area contributed by atoms with E-state index in [0.29, 0.717) is 18.0 Å². The molecule has 0 spiro atoms. The maximum Gasteiger partial charge on any atom is 0.255 e. The van der Waals surface area contributed by atoms with Crippen LogP contribution in [0.3, 0.4) is 0 Å². The van der Waals surface area contributed by atoms with Crippen LogP contribution in [0.4, 0.5) is 0 Å². The third-order valence-electron chi connectivity index (χ3n) is 5.70. The van der Waals surface area contributed by atoms with E-state index in [1.54, 1.807) is 6.26 Å². The summed E-state index contributed by atoms with van der Waals surface area (Å²) in [6.45, 7) is 6.80. The molecule has 0 unspecified atom stereocenters. The average molecular weight is 354 g/mol. The Morgan fingerprint density at radius 3 is 2.77 bits per heavy atom. The van der Waals surface area contributed by atoms with Gasteiger partial charge in [0.15, 0.2) is 0 Å². The summed E-state index contributed by atoms with van der Waals surface area (Å²) in [6, 6.07) is 9.80. The Morgan fingerprint density at radius 1 is 1.23 bits per heavy atom. The Kier molecular flexibility index (Phi) is 4.72. The largest absolute Gasteiger partial charge is 0.489 e. The minimum atomic E-state index is -0.0843. The quantitative estimate of drug-likeness (QED) is 0.889. The Morgan fingerprint density at radius 2 is 2.04 bits per heavy atom. The number of ether oxygens (including phenoxy) is 1. The number of fused-ring (bicyclic) bond motifs is 1. The summed E-state index contributed by atoms with van der Waals surface area (Å²) in [4.78, 5) is 15.3. The second-order valence-electron chi connectivity index (χ2n) is 7.32. The number of hydrogen-bond donors (Lipinski definition) is 1. The first-order valence-corrected chi connectivity index (χ1v) is 9.50. The SMILES string of the molecule is C[C@@H]1Oc2c(C(=O)NC[C@H](c3ccco3)N3CCCC3)cccc2[C@@H]1C. The lowest BCUT2D eigenvalue weighted by Crippen LogP contribution is -2.36. The van der Waals surface area contributed by atoms with Crippen molar-refractivity contribution in [2.45, 2.75) is 44.8 Å². The third kappa shape index (κ3) is 3.12. The Hall–Kier alpha value is -2.27. The Labute approximate surface area is 154 Å². The molecule has 26 heavy (non-hydrogen) atoms. The predicted molar refractivity (Wildman–Crippen MR) is 99.5 cm³/mol. The Bertz CT molecular complexity index is 766. The van der Waals surface area contributed by atoms with Gasteiger partial charge in [0, 0.05) is 18.0 Å². The number of nitrogens with zero attached hydrogens (tertiary/aromatic N) is 1. The molecule has 5 nitrogen and oxygen atoms in total. The molecule has 4 rings (SSSR count). The molecule has 1 amide bonds. The molecule has 1 aromatic heterocycles. The highest BCUT2D eigenvalue weighted by molar-refractivity contribution is 5.97. The van der Waals surface area contributed by atoms with E-state index >= 15 is 0 Å². The average Bonchev–Trinajstić information content (AvgIpc) is 3.39. The summed E-state index contributed by atoms with van der Waals surface area (Å²) in [5, 5.41) is 3.10. The maximum atomic E-state index is 12.9. The molecular weight excluding hydrogens is 328 g/mol. The number of benzene rings is 1. The number of para-hydroxylation sites is 1. The lowest BCUT2D eigenvalue weighted by Gasteiger charge is -2.26. The highest BCUT2D eigenvalue weighted by Crippen LogP contribution is 2.40. The van der Waals surface area contributed by atoms with Crippen LogP contribution in [0.5, 0.6) is 5.75 Å². The minimum absolute atomic E-state index is 0.0759. The molecule has 0 radical (unpaired) electrons. The number of carbonyl (C=O) groups excluding carboxylic acids is 1. The van der Waals surface area contributed by atoms with E-state index in [9.17, 15) is 4.79 Å². The Balaban J connectivity index is 1.50. The van der Waals surface area contributed by atoms with Crippen molar-refractivity contribution in [3.05, 3.63) is 53.5 Å². The van der Waals surface area contributed by atoms with Crippen LogP contribution in [0.25, 0.3) is 0 Å². The lowest BCUT2D eigenvalue weighted by atomic mass is 9.97. The highest BCUT2D eigenvalue weighted by Gasteiger charge is 2.32. The molecule has 1 aromatic carbocycles. The van der Waals surface area contributed by atoms with Crippen LogP contribution in [0.2, 0.25) is 0 Å². The normalized spacial score (nSPS) is 23.5. The smallest absolute Gasteiger partial charge is 0.255 e. The molecule has 0 bridgehead atoms. The fraction of sp³-hybridized carbons (Fsp3) is 0.476. The van der Waals surface area contributed by atoms with Gasteiger partial charge in [0.2, 0.25) is 0 Å². The number of furan rings is 1. The van der Waals surface area contributed by atoms with Crippen LogP contribution in [-0.2, 0) is 0 Å². The number of likely N-dealkylation sites (tertiary alicyclic amines) is 1. The van der Waals surface area contributed by atoms with Crippen molar-refractivity contribution in [1.82, 2.24) is 10.2 Å². The molecule has 138 valence electrons. The molecule has 1 fully saturated rings. The van der Waals surface area contributed by atoms with E-state index in [4.69, 9.17) is 9.15 Å². The molecular formula is C21H26N2O3. The van der Waals surface area contributed by atoms with Gasteiger partial charge >= 0.3 is 0 Å². The van der Waals surface area contributed by atoms with Crippen LogP contribution < -0.4 is 10.1 Å². The van der Waals surface area contributed by atoms with Gasteiger partial charge in [0.05, 0.1) is 17.9 Å². The summed E-state index contributed by atoms with van der Waals surface area (Å²) >= 11 is 0. The molecule has 2 aromatic rings. The summed E-state index contributed by atoms with van der Waals surface area (Å²) < 4.78 is 11.6. The van der Waals surface area contributed by atoms with Gasteiger partial charge in [-0.15, -0.1) is 0 Å². The highest BCUT2D eigenvalue weighted by atomic mass is 16.5. The maximum absolute atomic E-state index is 12.9. The van der Waals surface area contributed by atoms with Crippen LogP contribution in [-0.4, -0.2) is 36.5 Å². The standard InChI is InChI=1S/C21H26N2O3/c1-14-15(2)26-20-16(14)7-5-8-17(20)21(24)22-13-18(19-9-6-12-25-19)23-10-3-4-11-23/h5-9,12,14-15,18H,3-4,10-11,13H2,1-2H3,(H,22,24)/t14-,15+,18-/m1/s1. The predicted octanol–water partition coefficient (Wildman–Crippen LogP) is 3.73. The summed E-state index contributed by atoms with van der Waals surface area (Å²) in [6.07, 6.45) is 4.18. The molecule has 2 aliphatic heterocycles. The first kappa shape index (κ1) is 17.2. The first-order chi connectivity index (χ1) is 12.6. The number of nitrogens with one attached hydrogen (secondary N) is 1. The van der Waals surface area contributed by atoms with Gasteiger partial charge in [0.1, 0.15) is 17.6 Å². The van der Waals surface area contributed by atoms with Gasteiger partial charge in [-0.05, 0) is 51.1 Å². The van der Waals surface area contributed by atoms with Crippen LogP contribution in [0, 0.1) is 0 Å². The van der Waals surface area contributed by atoms with Crippen molar-refractivity contribution in [2.24, 2.45) is 0 Å². The van der Waals surface area contributed by atoms with Crippen LogP contribution >= 0.6 is 0 Å². The van der Waals surface area contributed by atoms with Gasteiger partial charge in [-0.2, -0.15) is 0 Å². The third-order valence-corrected chi connectivity index (χ3v) is 5.70. The zero-order chi connectivity index (χ0) is 18.1. The van der Waals surface area contributed by atoms with E-state index in [2.05, 4.69) is 23.2 Å². The first-order valence-electron chi connectivity index (χ1n) is 9.50. The zero-order valence-corrected chi connectivity index (χ0v) is 15.4. The second kappa shape index (κ2) is 7.16. The van der Waals surface area contributed by atoms with E-state index in [1.165, 1.54) is 12.8 Å². The minimum Gasteiger partial charge on any atom is -0.489 e. The van der Waals surface area contributed by atoms with Gasteiger partial charge < -0.3 is 14.5 Å². The number of rotatable bonds is 5. The summed E-state index contributed by atoms with van der Waals surface area (Å²) in [5.74, 6) is 1.86. The van der Waals surface area contributed by atoms with Crippen molar-refractivity contribution in [3.63, 3.8) is 0 Å². The number of carbonyl (C=O) groups is 1. The van der Waals surface area contributed by atoms with Gasteiger partial charge in [-0.3, -0.25) is 9.69 Å². The van der Waals surface area contributed by atoms with Crippen molar-refractivity contribution in [3.8, 4) is 5.75 Å². The topological polar surface area (TPSA) is 54.7 Å². The van der Waals surface area contributed by atoms with Crippen LogP contribution in [0.15, 0.2) is 41.0 Å². The molecule has 3 atom stereocenters. The van der Waals surface area contributed by atoms with Gasteiger partial charge in [0.25, 0.3) is 5.91 Å². The van der Waals surface area contributed by atoms with Crippen molar-refractivity contribution < 1.29 is 13.9 Å². The number of hydrogen-bond acceptors (Lipinski definition) is 4. The molecule has 3 heterocycles.